The molecular weight excluding hydrogens is 195 g/mol. The molecule has 1 unspecified atom stereocenters. The van der Waals surface area contributed by atoms with Gasteiger partial charge in [-0.2, -0.15) is 5.10 Å². The van der Waals surface area contributed by atoms with Crippen molar-refractivity contribution in [2.45, 2.75) is 45.3 Å². The Morgan fingerprint density at radius 2 is 2.27 bits per heavy atom. The van der Waals surface area contributed by atoms with Crippen molar-refractivity contribution in [3.05, 3.63) is 12.2 Å². The molecule has 1 atom stereocenters. The molecule has 0 aliphatic carbocycles. The summed E-state index contributed by atoms with van der Waals surface area (Å²) in [6, 6.07) is 0.196. The summed E-state index contributed by atoms with van der Waals surface area (Å²) >= 11 is 0. The first-order valence-corrected chi connectivity index (χ1v) is 5.30. The molecule has 1 aromatic heterocycles. The molecule has 0 aliphatic rings. The molecule has 15 heavy (non-hydrogen) atoms. The van der Waals surface area contributed by atoms with Gasteiger partial charge in [-0.05, 0) is 20.3 Å². The molecule has 0 aromatic carbocycles. The first kappa shape index (κ1) is 12.1. The van der Waals surface area contributed by atoms with Gasteiger partial charge in [0.05, 0.1) is 0 Å². The average molecular weight is 214 g/mol. The molecule has 2 N–H and O–H groups in total. The summed E-state index contributed by atoms with van der Waals surface area (Å²) in [6.07, 6.45) is 2.09. The zero-order valence-electron chi connectivity index (χ0n) is 9.57. The minimum atomic E-state index is -1.36. The van der Waals surface area contributed by atoms with Crippen LogP contribution in [0.25, 0.3) is 0 Å². The Morgan fingerprint density at radius 1 is 1.60 bits per heavy atom. The highest BCUT2D eigenvalue weighted by Crippen LogP contribution is 2.20. The maximum atomic E-state index is 14.1. The molecule has 0 fully saturated rings. The molecule has 1 rings (SSSR count). The number of hydrogen-bond donors (Lipinski definition) is 1. The number of hydrogen-bond acceptors (Lipinski definition) is 3. The molecule has 0 amide bonds. The predicted octanol–water partition coefficient (Wildman–Crippen LogP) is 1.48. The zero-order chi connectivity index (χ0) is 11.5. The van der Waals surface area contributed by atoms with E-state index in [9.17, 15) is 4.39 Å². The van der Waals surface area contributed by atoms with Gasteiger partial charge in [-0.15, -0.1) is 0 Å². The van der Waals surface area contributed by atoms with Crippen LogP contribution in [-0.4, -0.2) is 27.0 Å². The Labute approximate surface area is 89.7 Å². The van der Waals surface area contributed by atoms with Crippen LogP contribution in [0, 0.1) is 0 Å². The van der Waals surface area contributed by atoms with E-state index in [0.29, 0.717) is 12.2 Å². The van der Waals surface area contributed by atoms with Crippen LogP contribution in [0.2, 0.25) is 0 Å². The largest absolute Gasteiger partial charge is 0.328 e. The number of alkyl halides is 1. The van der Waals surface area contributed by atoms with Gasteiger partial charge in [0.25, 0.3) is 0 Å². The lowest BCUT2D eigenvalue weighted by molar-refractivity contribution is 0.161. The van der Waals surface area contributed by atoms with Crippen molar-refractivity contribution in [2.75, 3.05) is 6.54 Å². The highest BCUT2D eigenvalue weighted by molar-refractivity contribution is 4.96. The third-order valence-corrected chi connectivity index (χ3v) is 2.61. The highest BCUT2D eigenvalue weighted by Gasteiger charge is 2.28. The van der Waals surface area contributed by atoms with E-state index in [1.54, 1.807) is 11.6 Å². The minimum absolute atomic E-state index is 0.0223. The summed E-state index contributed by atoms with van der Waals surface area (Å²) in [5, 5.41) is 4.07. The molecule has 0 saturated carbocycles. The molecule has 1 aromatic rings. The molecule has 0 radical (unpaired) electrons. The summed E-state index contributed by atoms with van der Waals surface area (Å²) in [4.78, 5) is 4.07. The lowest BCUT2D eigenvalue weighted by atomic mass is 9.98. The molecule has 1 heterocycles. The van der Waals surface area contributed by atoms with Crippen LogP contribution in [0.3, 0.4) is 0 Å². The number of nitrogens with zero attached hydrogens (tertiary/aromatic N) is 3. The van der Waals surface area contributed by atoms with E-state index >= 15 is 0 Å². The van der Waals surface area contributed by atoms with Gasteiger partial charge in [-0.1, -0.05) is 6.92 Å². The van der Waals surface area contributed by atoms with Crippen LogP contribution in [0.1, 0.15) is 39.1 Å². The summed E-state index contributed by atoms with van der Waals surface area (Å²) in [7, 11) is 0. The second-order valence-electron chi connectivity index (χ2n) is 4.10. The van der Waals surface area contributed by atoms with E-state index in [0.717, 1.165) is 0 Å². The van der Waals surface area contributed by atoms with Crippen LogP contribution in [0.4, 0.5) is 4.39 Å². The van der Waals surface area contributed by atoms with Crippen molar-refractivity contribution in [2.24, 2.45) is 5.73 Å². The average Bonchev–Trinajstić information content (AvgIpc) is 2.65. The van der Waals surface area contributed by atoms with Crippen molar-refractivity contribution in [1.29, 1.82) is 0 Å². The number of aromatic nitrogens is 3. The van der Waals surface area contributed by atoms with Gasteiger partial charge in [-0.3, -0.25) is 0 Å². The Balaban J connectivity index is 2.84. The standard InChI is InChI=1S/C10H19FN4/c1-4-10(11,6-12)5-9-13-7-14-15(9)8(2)3/h7-8H,4-6,12H2,1-3H3. The predicted molar refractivity (Wildman–Crippen MR) is 57.3 cm³/mol. The van der Waals surface area contributed by atoms with Crippen LogP contribution < -0.4 is 5.73 Å². The third kappa shape index (κ3) is 2.75. The van der Waals surface area contributed by atoms with Crippen molar-refractivity contribution in [3.8, 4) is 0 Å². The number of nitrogens with two attached hydrogens (primary N) is 1. The third-order valence-electron chi connectivity index (χ3n) is 2.61. The fraction of sp³-hybridized carbons (Fsp3) is 0.800. The quantitative estimate of drug-likeness (QED) is 0.807. The maximum absolute atomic E-state index is 14.1. The first-order chi connectivity index (χ1) is 7.02. The molecule has 5 heteroatoms. The van der Waals surface area contributed by atoms with Gasteiger partial charge in [0.1, 0.15) is 17.8 Å². The summed E-state index contributed by atoms with van der Waals surface area (Å²) in [5.41, 5.74) is 4.07. The fourth-order valence-corrected chi connectivity index (χ4v) is 1.46. The molecule has 0 aliphatic heterocycles. The molecule has 0 saturated heterocycles. The first-order valence-electron chi connectivity index (χ1n) is 5.30. The van der Waals surface area contributed by atoms with Gasteiger partial charge < -0.3 is 5.73 Å². The fourth-order valence-electron chi connectivity index (χ4n) is 1.46. The Bertz CT molecular complexity index is 304. The maximum Gasteiger partial charge on any atom is 0.138 e. The van der Waals surface area contributed by atoms with Crippen molar-refractivity contribution >= 4 is 0 Å². The van der Waals surface area contributed by atoms with Crippen LogP contribution >= 0.6 is 0 Å². The summed E-state index contributed by atoms with van der Waals surface area (Å²) in [6.45, 7) is 5.80. The van der Waals surface area contributed by atoms with Crippen LogP contribution in [-0.2, 0) is 6.42 Å². The van der Waals surface area contributed by atoms with Gasteiger partial charge in [0, 0.05) is 19.0 Å². The molecular formula is C10H19FN4. The van der Waals surface area contributed by atoms with E-state index in [1.807, 2.05) is 13.8 Å². The Hall–Kier alpha value is -0.970. The van der Waals surface area contributed by atoms with Gasteiger partial charge in [0.15, 0.2) is 0 Å². The highest BCUT2D eigenvalue weighted by atomic mass is 19.1. The zero-order valence-corrected chi connectivity index (χ0v) is 9.57. The van der Waals surface area contributed by atoms with Gasteiger partial charge in [-0.25, -0.2) is 14.1 Å². The van der Waals surface area contributed by atoms with Crippen LogP contribution in [0.5, 0.6) is 0 Å². The van der Waals surface area contributed by atoms with E-state index in [-0.39, 0.29) is 19.0 Å². The Morgan fingerprint density at radius 3 is 2.73 bits per heavy atom. The monoisotopic (exact) mass is 214 g/mol. The van der Waals surface area contributed by atoms with Gasteiger partial charge in [0.2, 0.25) is 0 Å². The molecule has 4 nitrogen and oxygen atoms in total. The number of rotatable bonds is 5. The lowest BCUT2D eigenvalue weighted by Gasteiger charge is -2.22. The number of halogens is 1. The SMILES string of the molecule is CCC(F)(CN)Cc1ncnn1C(C)C. The lowest BCUT2D eigenvalue weighted by Crippen LogP contribution is -2.35. The van der Waals surface area contributed by atoms with Gasteiger partial charge >= 0.3 is 0 Å². The Kier molecular flexibility index (Phi) is 3.79. The van der Waals surface area contributed by atoms with E-state index in [2.05, 4.69) is 10.1 Å². The smallest absolute Gasteiger partial charge is 0.138 e. The normalized spacial score (nSPS) is 15.6. The second kappa shape index (κ2) is 4.70. The molecule has 0 spiro atoms. The van der Waals surface area contributed by atoms with E-state index < -0.39 is 5.67 Å². The van der Waals surface area contributed by atoms with Crippen molar-refractivity contribution in [3.63, 3.8) is 0 Å². The van der Waals surface area contributed by atoms with Crippen molar-refractivity contribution < 1.29 is 4.39 Å². The molecule has 0 bridgehead atoms. The minimum Gasteiger partial charge on any atom is -0.328 e. The second-order valence-corrected chi connectivity index (χ2v) is 4.10. The van der Waals surface area contributed by atoms with E-state index in [1.165, 1.54) is 6.33 Å². The summed E-state index contributed by atoms with van der Waals surface area (Å²) in [5.74, 6) is 0.666. The van der Waals surface area contributed by atoms with Crippen molar-refractivity contribution in [1.82, 2.24) is 14.8 Å². The topological polar surface area (TPSA) is 56.7 Å². The molecule has 86 valence electrons. The van der Waals surface area contributed by atoms with Crippen LogP contribution in [0.15, 0.2) is 6.33 Å². The van der Waals surface area contributed by atoms with E-state index in [4.69, 9.17) is 5.73 Å². The summed E-state index contributed by atoms with van der Waals surface area (Å²) < 4.78 is 15.8.